The van der Waals surface area contributed by atoms with Gasteiger partial charge in [-0.2, -0.15) is 9.64 Å². The number of nitriles is 1. The summed E-state index contributed by atoms with van der Waals surface area (Å²) in [4.78, 5) is 13.3. The second-order valence-electron chi connectivity index (χ2n) is 4.16. The maximum atomic E-state index is 12.0. The van der Waals surface area contributed by atoms with E-state index >= 15 is 0 Å². The van der Waals surface area contributed by atoms with Crippen molar-refractivity contribution in [3.05, 3.63) is 47.2 Å². The molecule has 0 saturated heterocycles. The predicted molar refractivity (Wildman–Crippen MR) is 76.6 cm³/mol. The lowest BCUT2D eigenvalue weighted by atomic mass is 10.2. The smallest absolute Gasteiger partial charge is 0.415 e. The largest absolute Gasteiger partial charge is 0.444 e. The molecule has 102 valence electrons. The van der Waals surface area contributed by atoms with Crippen molar-refractivity contribution >= 4 is 22.6 Å². The molecule has 0 bridgehead atoms. The maximum absolute atomic E-state index is 12.0. The number of benzene rings is 1. The van der Waals surface area contributed by atoms with E-state index in [1.54, 1.807) is 14.0 Å². The second kappa shape index (κ2) is 6.17. The number of hydrogen-bond donors (Lipinski definition) is 0. The normalized spacial score (nSPS) is 9.85. The first-order valence-corrected chi connectivity index (χ1v) is 6.71. The van der Waals surface area contributed by atoms with Crippen molar-refractivity contribution in [2.24, 2.45) is 0 Å². The Kier molecular flexibility index (Phi) is 4.33. The minimum absolute atomic E-state index is 0.198. The lowest BCUT2D eigenvalue weighted by Gasteiger charge is -2.15. The van der Waals surface area contributed by atoms with Crippen molar-refractivity contribution in [1.29, 1.82) is 5.26 Å². The first-order chi connectivity index (χ1) is 9.63. The van der Waals surface area contributed by atoms with E-state index in [0.717, 1.165) is 17.1 Å². The van der Waals surface area contributed by atoms with E-state index in [1.807, 2.05) is 30.3 Å². The van der Waals surface area contributed by atoms with Gasteiger partial charge in [0.25, 0.3) is 0 Å². The van der Waals surface area contributed by atoms with Gasteiger partial charge in [0.2, 0.25) is 0 Å². The van der Waals surface area contributed by atoms with Gasteiger partial charge in [-0.15, -0.1) is 0 Å². The first-order valence-electron chi connectivity index (χ1n) is 5.94. The topological polar surface area (TPSA) is 66.2 Å². The number of hydrogen-bond acceptors (Lipinski definition) is 5. The van der Waals surface area contributed by atoms with Crippen molar-refractivity contribution in [2.75, 3.05) is 11.9 Å². The van der Waals surface area contributed by atoms with Gasteiger partial charge in [0.15, 0.2) is 0 Å². The second-order valence-corrected chi connectivity index (χ2v) is 4.91. The molecule has 0 fully saturated rings. The number of nitrogens with zero attached hydrogens (tertiary/aromatic N) is 3. The quantitative estimate of drug-likeness (QED) is 0.870. The zero-order valence-corrected chi connectivity index (χ0v) is 12.0. The average Bonchev–Trinajstić information content (AvgIpc) is 2.85. The fourth-order valence-electron chi connectivity index (χ4n) is 1.61. The molecule has 0 aliphatic carbocycles. The molecule has 2 aromatic rings. The Bertz CT molecular complexity index is 646. The van der Waals surface area contributed by atoms with Gasteiger partial charge in [0.1, 0.15) is 23.2 Å². The summed E-state index contributed by atoms with van der Waals surface area (Å²) in [6, 6.07) is 11.5. The molecule has 1 heterocycles. The van der Waals surface area contributed by atoms with Crippen molar-refractivity contribution in [3.63, 3.8) is 0 Å². The summed E-state index contributed by atoms with van der Waals surface area (Å²) in [5, 5.41) is 9.57. The Labute approximate surface area is 121 Å². The molecule has 0 aliphatic heterocycles. The van der Waals surface area contributed by atoms with Crippen LogP contribution in [0, 0.1) is 18.3 Å². The summed E-state index contributed by atoms with van der Waals surface area (Å²) in [5.74, 6) is 0. The number of amides is 1. The van der Waals surface area contributed by atoms with Crippen LogP contribution >= 0.6 is 11.5 Å². The van der Waals surface area contributed by atoms with E-state index in [1.165, 1.54) is 4.90 Å². The molecule has 2 rings (SSSR count). The van der Waals surface area contributed by atoms with Crippen molar-refractivity contribution in [2.45, 2.75) is 13.5 Å². The van der Waals surface area contributed by atoms with Crippen LogP contribution in [0.15, 0.2) is 30.3 Å². The summed E-state index contributed by atoms with van der Waals surface area (Å²) in [6.07, 6.45) is -0.506. The Hall–Kier alpha value is -2.39. The summed E-state index contributed by atoms with van der Waals surface area (Å²) in [6.45, 7) is 1.94. The van der Waals surface area contributed by atoms with Crippen LogP contribution in [0.5, 0.6) is 0 Å². The molecule has 20 heavy (non-hydrogen) atoms. The van der Waals surface area contributed by atoms with Crippen molar-refractivity contribution in [3.8, 4) is 6.07 Å². The van der Waals surface area contributed by atoms with E-state index in [2.05, 4.69) is 10.4 Å². The van der Waals surface area contributed by atoms with Crippen molar-refractivity contribution in [1.82, 2.24) is 4.37 Å². The molecular weight excluding hydrogens is 274 g/mol. The number of rotatable bonds is 3. The van der Waals surface area contributed by atoms with E-state index in [4.69, 9.17) is 10.00 Å². The zero-order valence-electron chi connectivity index (χ0n) is 11.2. The van der Waals surface area contributed by atoms with Gasteiger partial charge in [-0.1, -0.05) is 30.3 Å². The number of anilines is 1. The zero-order chi connectivity index (χ0) is 14.5. The first kappa shape index (κ1) is 14.0. The highest BCUT2D eigenvalue weighted by Gasteiger charge is 2.20. The Morgan fingerprint density at radius 3 is 2.80 bits per heavy atom. The molecule has 5 nitrogen and oxygen atoms in total. The van der Waals surface area contributed by atoms with Gasteiger partial charge < -0.3 is 4.74 Å². The van der Waals surface area contributed by atoms with Gasteiger partial charge in [-0.05, 0) is 24.0 Å². The van der Waals surface area contributed by atoms with E-state index in [0.29, 0.717) is 16.3 Å². The summed E-state index contributed by atoms with van der Waals surface area (Å²) < 4.78 is 9.29. The molecule has 1 aromatic heterocycles. The standard InChI is InChI=1S/C14H13N3O2S/c1-10-12(8-15)13(20-16-10)17(2)14(18)19-9-11-6-4-3-5-7-11/h3-7H,9H2,1-2H3. The van der Waals surface area contributed by atoms with Crippen molar-refractivity contribution < 1.29 is 9.53 Å². The Morgan fingerprint density at radius 1 is 1.45 bits per heavy atom. The highest BCUT2D eigenvalue weighted by molar-refractivity contribution is 7.10. The van der Waals surface area contributed by atoms with Gasteiger partial charge in [0.05, 0.1) is 5.69 Å². The van der Waals surface area contributed by atoms with Crippen LogP contribution in [0.4, 0.5) is 9.80 Å². The van der Waals surface area contributed by atoms with Crippen LogP contribution in [0.3, 0.4) is 0 Å². The molecule has 0 unspecified atom stereocenters. The molecular formula is C14H13N3O2S. The summed E-state index contributed by atoms with van der Waals surface area (Å²) in [5.41, 5.74) is 1.94. The van der Waals surface area contributed by atoms with Gasteiger partial charge in [-0.25, -0.2) is 4.79 Å². The van der Waals surface area contributed by atoms with Crippen LogP contribution in [-0.4, -0.2) is 17.5 Å². The third kappa shape index (κ3) is 2.95. The Balaban J connectivity index is 2.04. The molecule has 0 N–H and O–H groups in total. The molecule has 1 aromatic carbocycles. The molecule has 1 amide bonds. The lowest BCUT2D eigenvalue weighted by molar-refractivity contribution is 0.148. The summed E-state index contributed by atoms with van der Waals surface area (Å²) in [7, 11) is 1.57. The van der Waals surface area contributed by atoms with E-state index in [9.17, 15) is 4.79 Å². The van der Waals surface area contributed by atoms with Gasteiger partial charge >= 0.3 is 6.09 Å². The highest BCUT2D eigenvalue weighted by atomic mass is 32.1. The number of aryl methyl sites for hydroxylation is 1. The fraction of sp³-hybridized carbons (Fsp3) is 0.214. The van der Waals surface area contributed by atoms with Gasteiger partial charge in [0, 0.05) is 7.05 Å². The van der Waals surface area contributed by atoms with Crippen LogP contribution in [0.25, 0.3) is 0 Å². The molecule has 6 heteroatoms. The number of ether oxygens (including phenoxy) is 1. The maximum Gasteiger partial charge on any atom is 0.415 e. The third-order valence-electron chi connectivity index (χ3n) is 2.74. The average molecular weight is 287 g/mol. The van der Waals surface area contributed by atoms with Crippen LogP contribution < -0.4 is 4.90 Å². The number of carbonyl (C=O) groups excluding carboxylic acids is 1. The molecule has 0 atom stereocenters. The molecule has 0 aliphatic rings. The minimum Gasteiger partial charge on any atom is -0.444 e. The monoisotopic (exact) mass is 287 g/mol. The number of carbonyl (C=O) groups is 1. The fourth-order valence-corrected chi connectivity index (χ4v) is 2.41. The van der Waals surface area contributed by atoms with Crippen LogP contribution in [-0.2, 0) is 11.3 Å². The van der Waals surface area contributed by atoms with E-state index in [-0.39, 0.29) is 6.61 Å². The minimum atomic E-state index is -0.506. The molecule has 0 saturated carbocycles. The molecule has 0 radical (unpaired) electrons. The van der Waals surface area contributed by atoms with Crippen LogP contribution in [0.1, 0.15) is 16.8 Å². The highest BCUT2D eigenvalue weighted by Crippen LogP contribution is 2.27. The van der Waals surface area contributed by atoms with Crippen LogP contribution in [0.2, 0.25) is 0 Å². The third-order valence-corrected chi connectivity index (χ3v) is 3.76. The van der Waals surface area contributed by atoms with E-state index < -0.39 is 6.09 Å². The number of aromatic nitrogens is 1. The SMILES string of the molecule is Cc1nsc(N(C)C(=O)OCc2ccccc2)c1C#N. The molecule has 0 spiro atoms. The summed E-state index contributed by atoms with van der Waals surface area (Å²) >= 11 is 1.11. The van der Waals surface area contributed by atoms with Gasteiger partial charge in [-0.3, -0.25) is 4.90 Å². The predicted octanol–water partition coefficient (Wildman–Crippen LogP) is 3.10. The lowest BCUT2D eigenvalue weighted by Crippen LogP contribution is -2.26. The Morgan fingerprint density at radius 2 is 2.15 bits per heavy atom.